The molecular weight excluding hydrogens is 294 g/mol. The van der Waals surface area contributed by atoms with Crippen LogP contribution in [0.1, 0.15) is 24.1 Å². The van der Waals surface area contributed by atoms with Crippen LogP contribution in [0.3, 0.4) is 0 Å². The van der Waals surface area contributed by atoms with Crippen LogP contribution in [0.25, 0.3) is 0 Å². The number of aromatic amines is 1. The van der Waals surface area contributed by atoms with Crippen molar-refractivity contribution < 1.29 is 4.79 Å². The Morgan fingerprint density at radius 1 is 1.45 bits per heavy atom. The Morgan fingerprint density at radius 3 is 2.85 bits per heavy atom. The summed E-state index contributed by atoms with van der Waals surface area (Å²) in [6.07, 6.45) is 3.50. The minimum absolute atomic E-state index is 0.0256. The van der Waals surface area contributed by atoms with E-state index in [0.717, 1.165) is 21.9 Å². The molecule has 0 fully saturated rings. The quantitative estimate of drug-likeness (QED) is 0.861. The lowest BCUT2D eigenvalue weighted by Gasteiger charge is -2.11. The molecule has 2 rings (SSSR count). The van der Waals surface area contributed by atoms with Gasteiger partial charge in [-0.05, 0) is 24.6 Å². The van der Waals surface area contributed by atoms with Crippen LogP contribution in [0, 0.1) is 0 Å². The van der Waals surface area contributed by atoms with Gasteiger partial charge in [0.15, 0.2) is 0 Å². The van der Waals surface area contributed by atoms with Crippen molar-refractivity contribution in [2.75, 3.05) is 5.75 Å². The van der Waals surface area contributed by atoms with Crippen molar-refractivity contribution in [1.29, 1.82) is 0 Å². The molecule has 0 saturated carbocycles. The summed E-state index contributed by atoms with van der Waals surface area (Å²) in [5.74, 6) is 1.26. The van der Waals surface area contributed by atoms with Gasteiger partial charge in [0, 0.05) is 22.5 Å². The summed E-state index contributed by atoms with van der Waals surface area (Å²) in [6, 6.07) is 7.64. The van der Waals surface area contributed by atoms with Gasteiger partial charge in [0.1, 0.15) is 0 Å². The molecule has 0 bridgehead atoms. The molecule has 0 aliphatic heterocycles. The van der Waals surface area contributed by atoms with E-state index in [1.54, 1.807) is 24.2 Å². The number of amides is 1. The Labute approximate surface area is 127 Å². The smallest absolute Gasteiger partial charge is 0.230 e. The number of nitrogens with one attached hydrogen (secondary N) is 2. The van der Waals surface area contributed by atoms with Crippen molar-refractivity contribution in [2.45, 2.75) is 18.7 Å². The number of halogens is 1. The first-order valence-corrected chi connectivity index (χ1v) is 7.78. The molecule has 20 heavy (non-hydrogen) atoms. The van der Waals surface area contributed by atoms with Crippen LogP contribution in [-0.4, -0.2) is 21.9 Å². The summed E-state index contributed by atoms with van der Waals surface area (Å²) in [6.45, 7) is 1.94. The zero-order valence-electron chi connectivity index (χ0n) is 11.1. The number of carbonyl (C=O) groups excluding carboxylic acids is 1. The molecule has 1 aromatic heterocycles. The first kappa shape index (κ1) is 14.9. The topological polar surface area (TPSA) is 57.8 Å². The Hall–Kier alpha value is -1.46. The van der Waals surface area contributed by atoms with Crippen LogP contribution < -0.4 is 5.32 Å². The molecule has 106 valence electrons. The number of nitrogens with zero attached hydrogens (tertiary/aromatic N) is 1. The lowest BCUT2D eigenvalue weighted by atomic mass is 10.2. The molecule has 0 radical (unpaired) electrons. The third-order valence-electron chi connectivity index (χ3n) is 2.81. The molecule has 2 N–H and O–H groups in total. The highest BCUT2D eigenvalue weighted by Crippen LogP contribution is 2.16. The molecule has 0 saturated heterocycles. The van der Waals surface area contributed by atoms with E-state index in [-0.39, 0.29) is 11.9 Å². The van der Waals surface area contributed by atoms with Gasteiger partial charge in [-0.3, -0.25) is 9.89 Å². The van der Waals surface area contributed by atoms with E-state index >= 15 is 0 Å². The van der Waals surface area contributed by atoms with Gasteiger partial charge in [0.05, 0.1) is 18.0 Å². The summed E-state index contributed by atoms with van der Waals surface area (Å²) >= 11 is 7.40. The summed E-state index contributed by atoms with van der Waals surface area (Å²) in [5, 5.41) is 10.3. The minimum Gasteiger partial charge on any atom is -0.349 e. The summed E-state index contributed by atoms with van der Waals surface area (Å²) in [7, 11) is 0. The number of benzene rings is 1. The van der Waals surface area contributed by atoms with Crippen LogP contribution in [0.4, 0.5) is 0 Å². The number of H-pyrrole nitrogens is 1. The number of rotatable bonds is 6. The average Bonchev–Trinajstić information content (AvgIpc) is 2.95. The normalized spacial score (nSPS) is 12.1. The third kappa shape index (κ3) is 4.58. The second kappa shape index (κ2) is 7.36. The number of hydrogen-bond acceptors (Lipinski definition) is 3. The largest absolute Gasteiger partial charge is 0.349 e. The van der Waals surface area contributed by atoms with E-state index in [4.69, 9.17) is 11.6 Å². The first-order valence-electron chi connectivity index (χ1n) is 6.25. The zero-order chi connectivity index (χ0) is 14.4. The van der Waals surface area contributed by atoms with E-state index < -0.39 is 0 Å². The third-order valence-corrected chi connectivity index (χ3v) is 4.07. The number of carbonyl (C=O) groups is 1. The SMILES string of the molecule is CC(NC(=O)CSCc1ccc(Cl)cc1)c1cn[nH]c1. The van der Waals surface area contributed by atoms with Crippen molar-refractivity contribution in [3.8, 4) is 0 Å². The van der Waals surface area contributed by atoms with E-state index in [1.807, 2.05) is 31.2 Å². The Morgan fingerprint density at radius 2 is 2.20 bits per heavy atom. The van der Waals surface area contributed by atoms with Crippen molar-refractivity contribution in [3.05, 3.63) is 52.8 Å². The van der Waals surface area contributed by atoms with E-state index in [0.29, 0.717) is 5.75 Å². The predicted molar refractivity (Wildman–Crippen MR) is 82.8 cm³/mol. The molecule has 0 spiro atoms. The van der Waals surface area contributed by atoms with Crippen LogP contribution in [0.15, 0.2) is 36.7 Å². The Bertz CT molecular complexity index is 542. The van der Waals surface area contributed by atoms with Gasteiger partial charge in [-0.2, -0.15) is 5.10 Å². The molecule has 1 amide bonds. The van der Waals surface area contributed by atoms with Crippen molar-refractivity contribution in [2.24, 2.45) is 0 Å². The van der Waals surface area contributed by atoms with Gasteiger partial charge in [-0.25, -0.2) is 0 Å². The molecule has 6 heteroatoms. The second-order valence-corrected chi connectivity index (χ2v) is 5.86. The molecule has 2 aromatic rings. The molecule has 1 unspecified atom stereocenters. The lowest BCUT2D eigenvalue weighted by Crippen LogP contribution is -2.28. The fourth-order valence-electron chi connectivity index (χ4n) is 1.71. The standard InChI is InChI=1S/C14H16ClN3OS/c1-10(12-6-16-17-7-12)18-14(19)9-20-8-11-2-4-13(15)5-3-11/h2-7,10H,8-9H2,1H3,(H,16,17)(H,18,19). The molecule has 1 atom stereocenters. The van der Waals surface area contributed by atoms with Crippen LogP contribution >= 0.6 is 23.4 Å². The van der Waals surface area contributed by atoms with Gasteiger partial charge >= 0.3 is 0 Å². The lowest BCUT2D eigenvalue weighted by molar-refractivity contribution is -0.119. The van der Waals surface area contributed by atoms with Crippen molar-refractivity contribution >= 4 is 29.3 Å². The summed E-state index contributed by atoms with van der Waals surface area (Å²) in [4.78, 5) is 11.8. The van der Waals surface area contributed by atoms with Crippen LogP contribution in [0.2, 0.25) is 5.02 Å². The number of hydrogen-bond donors (Lipinski definition) is 2. The Kier molecular flexibility index (Phi) is 5.49. The molecule has 0 aliphatic carbocycles. The predicted octanol–water partition coefficient (Wildman–Crippen LogP) is 3.17. The molecule has 1 aromatic carbocycles. The van der Waals surface area contributed by atoms with E-state index in [9.17, 15) is 4.79 Å². The monoisotopic (exact) mass is 309 g/mol. The van der Waals surface area contributed by atoms with Gasteiger partial charge in [-0.15, -0.1) is 11.8 Å². The van der Waals surface area contributed by atoms with Crippen molar-refractivity contribution in [3.63, 3.8) is 0 Å². The highest BCUT2D eigenvalue weighted by Gasteiger charge is 2.10. The molecule has 1 heterocycles. The van der Waals surface area contributed by atoms with Gasteiger partial charge in [0.2, 0.25) is 5.91 Å². The number of thioether (sulfide) groups is 1. The highest BCUT2D eigenvalue weighted by molar-refractivity contribution is 7.99. The molecular formula is C14H16ClN3OS. The molecule has 0 aliphatic rings. The van der Waals surface area contributed by atoms with Crippen LogP contribution in [-0.2, 0) is 10.5 Å². The van der Waals surface area contributed by atoms with Crippen LogP contribution in [0.5, 0.6) is 0 Å². The van der Waals surface area contributed by atoms with Gasteiger partial charge in [-0.1, -0.05) is 23.7 Å². The number of aromatic nitrogens is 2. The Balaban J connectivity index is 1.71. The fourth-order valence-corrected chi connectivity index (χ4v) is 2.63. The maximum Gasteiger partial charge on any atom is 0.230 e. The van der Waals surface area contributed by atoms with E-state index in [1.165, 1.54) is 0 Å². The first-order chi connectivity index (χ1) is 9.65. The summed E-state index contributed by atoms with van der Waals surface area (Å²) in [5.41, 5.74) is 2.14. The summed E-state index contributed by atoms with van der Waals surface area (Å²) < 4.78 is 0. The molecule has 4 nitrogen and oxygen atoms in total. The second-order valence-electron chi connectivity index (χ2n) is 4.44. The highest BCUT2D eigenvalue weighted by atomic mass is 35.5. The van der Waals surface area contributed by atoms with Crippen molar-refractivity contribution in [1.82, 2.24) is 15.5 Å². The minimum atomic E-state index is -0.0302. The van der Waals surface area contributed by atoms with Gasteiger partial charge < -0.3 is 5.32 Å². The maximum absolute atomic E-state index is 11.8. The van der Waals surface area contributed by atoms with E-state index in [2.05, 4.69) is 15.5 Å². The zero-order valence-corrected chi connectivity index (χ0v) is 12.7. The average molecular weight is 310 g/mol. The fraction of sp³-hybridized carbons (Fsp3) is 0.286. The van der Waals surface area contributed by atoms with Gasteiger partial charge in [0.25, 0.3) is 0 Å². The maximum atomic E-state index is 11.8.